The van der Waals surface area contributed by atoms with E-state index >= 15 is 0 Å². The Balaban J connectivity index is 1.48. The average molecular weight is 429 g/mol. The lowest BCUT2D eigenvalue weighted by Gasteiger charge is -2.20. The summed E-state index contributed by atoms with van der Waals surface area (Å²) in [5.41, 5.74) is 3.36. The zero-order valence-corrected chi connectivity index (χ0v) is 17.4. The maximum atomic E-state index is 13.9. The van der Waals surface area contributed by atoms with Gasteiger partial charge in [-0.3, -0.25) is 0 Å². The molecular weight excluding hydrogens is 409 g/mol. The second-order valence-electron chi connectivity index (χ2n) is 6.83. The van der Waals surface area contributed by atoms with E-state index in [1.807, 2.05) is 26.0 Å². The summed E-state index contributed by atoms with van der Waals surface area (Å²) >= 11 is 1.51. The maximum Gasteiger partial charge on any atom is 0.339 e. The molecule has 0 saturated heterocycles. The van der Waals surface area contributed by atoms with E-state index in [2.05, 4.69) is 5.16 Å². The molecule has 1 aliphatic rings. The highest BCUT2D eigenvalue weighted by Crippen LogP contribution is 2.32. The molecule has 0 bridgehead atoms. The third kappa shape index (κ3) is 4.34. The summed E-state index contributed by atoms with van der Waals surface area (Å²) in [5.74, 6) is 0.985. The van der Waals surface area contributed by atoms with Crippen LogP contribution in [0.4, 0.5) is 4.39 Å². The molecule has 1 aromatic heterocycles. The summed E-state index contributed by atoms with van der Waals surface area (Å²) in [6.45, 7) is 4.00. The van der Waals surface area contributed by atoms with Gasteiger partial charge >= 0.3 is 5.97 Å². The Labute approximate surface area is 177 Å². The minimum Gasteiger partial charge on any atom is -0.467 e. The summed E-state index contributed by atoms with van der Waals surface area (Å²) in [6.07, 6.45) is 0. The van der Waals surface area contributed by atoms with Crippen molar-refractivity contribution in [1.29, 1.82) is 0 Å². The number of nitrogens with zero attached hydrogens (tertiary/aromatic N) is 1. The summed E-state index contributed by atoms with van der Waals surface area (Å²) in [7, 11) is 0. The van der Waals surface area contributed by atoms with E-state index in [-0.39, 0.29) is 20.0 Å². The van der Waals surface area contributed by atoms with E-state index in [1.54, 1.807) is 12.1 Å². The molecule has 0 N–H and O–H groups in total. The molecule has 0 fully saturated rings. The molecule has 156 valence electrons. The molecule has 0 unspecified atom stereocenters. The van der Waals surface area contributed by atoms with Crippen molar-refractivity contribution in [2.45, 2.75) is 37.7 Å². The van der Waals surface area contributed by atoms with Gasteiger partial charge in [-0.05, 0) is 38.1 Å². The van der Waals surface area contributed by atoms with Gasteiger partial charge in [0.25, 0.3) is 0 Å². The molecule has 6 nitrogen and oxygen atoms in total. The molecule has 2 aromatic carbocycles. The quantitative estimate of drug-likeness (QED) is 0.406. The molecule has 1 aliphatic heterocycles. The fourth-order valence-corrected chi connectivity index (χ4v) is 4.40. The van der Waals surface area contributed by atoms with Crippen LogP contribution in [0.1, 0.15) is 38.5 Å². The van der Waals surface area contributed by atoms with Crippen LogP contribution in [0.2, 0.25) is 0 Å². The number of esters is 1. The molecule has 0 saturated carbocycles. The van der Waals surface area contributed by atoms with E-state index in [9.17, 15) is 9.18 Å². The number of fused-ring (bicyclic) bond motifs is 1. The molecule has 0 radical (unpaired) electrons. The Morgan fingerprint density at radius 2 is 2.10 bits per heavy atom. The van der Waals surface area contributed by atoms with Crippen LogP contribution in [0, 0.1) is 19.7 Å². The van der Waals surface area contributed by atoms with Crippen LogP contribution >= 0.6 is 11.8 Å². The molecule has 2 heterocycles. The molecule has 0 amide bonds. The SMILES string of the molecule is Cc1noc(C)c1CSc1ccccc1C(=O)OCc1cc(F)cc2c1OCOC2. The van der Waals surface area contributed by atoms with Gasteiger partial charge in [-0.1, -0.05) is 17.3 Å². The first kappa shape index (κ1) is 20.4. The Morgan fingerprint density at radius 3 is 2.90 bits per heavy atom. The highest BCUT2D eigenvalue weighted by molar-refractivity contribution is 7.98. The van der Waals surface area contributed by atoms with Crippen molar-refractivity contribution in [3.63, 3.8) is 0 Å². The summed E-state index contributed by atoms with van der Waals surface area (Å²) in [5, 5.41) is 3.96. The van der Waals surface area contributed by atoms with Crippen molar-refractivity contribution >= 4 is 17.7 Å². The van der Waals surface area contributed by atoms with Gasteiger partial charge in [0.2, 0.25) is 0 Å². The van der Waals surface area contributed by atoms with Crippen LogP contribution in [0.15, 0.2) is 45.8 Å². The van der Waals surface area contributed by atoms with Crippen LogP contribution in [0.25, 0.3) is 0 Å². The molecule has 8 heteroatoms. The van der Waals surface area contributed by atoms with Crippen molar-refractivity contribution in [2.75, 3.05) is 6.79 Å². The first-order valence-corrected chi connectivity index (χ1v) is 10.3. The lowest BCUT2D eigenvalue weighted by Crippen LogP contribution is -2.15. The van der Waals surface area contributed by atoms with Crippen LogP contribution in [0.5, 0.6) is 5.75 Å². The highest BCUT2D eigenvalue weighted by atomic mass is 32.2. The number of aryl methyl sites for hydroxylation is 2. The third-order valence-electron chi connectivity index (χ3n) is 4.77. The molecule has 3 aromatic rings. The van der Waals surface area contributed by atoms with Crippen molar-refractivity contribution in [1.82, 2.24) is 5.16 Å². The number of carbonyl (C=O) groups excluding carboxylic acids is 1. The smallest absolute Gasteiger partial charge is 0.339 e. The minimum atomic E-state index is -0.484. The monoisotopic (exact) mass is 429 g/mol. The van der Waals surface area contributed by atoms with Crippen LogP contribution < -0.4 is 4.74 Å². The number of ether oxygens (including phenoxy) is 3. The first-order valence-electron chi connectivity index (χ1n) is 9.35. The molecule has 30 heavy (non-hydrogen) atoms. The number of rotatable bonds is 6. The fourth-order valence-electron chi connectivity index (χ4n) is 3.20. The van der Waals surface area contributed by atoms with Crippen LogP contribution in [-0.4, -0.2) is 17.9 Å². The Bertz CT molecular complexity index is 1060. The Morgan fingerprint density at radius 1 is 1.27 bits per heavy atom. The third-order valence-corrected chi connectivity index (χ3v) is 5.87. The normalized spacial score (nSPS) is 12.9. The van der Waals surface area contributed by atoms with Crippen molar-refractivity contribution in [3.8, 4) is 5.75 Å². The molecule has 4 rings (SSSR count). The average Bonchev–Trinajstić information content (AvgIpc) is 3.07. The minimum absolute atomic E-state index is 0.0841. The number of hydrogen-bond donors (Lipinski definition) is 0. The zero-order valence-electron chi connectivity index (χ0n) is 16.6. The summed E-state index contributed by atoms with van der Waals surface area (Å²) in [6, 6.07) is 9.90. The van der Waals surface area contributed by atoms with Crippen molar-refractivity contribution in [3.05, 3.63) is 75.9 Å². The van der Waals surface area contributed by atoms with Crippen LogP contribution in [0.3, 0.4) is 0 Å². The topological polar surface area (TPSA) is 70.8 Å². The first-order chi connectivity index (χ1) is 14.5. The molecule has 0 aliphatic carbocycles. The van der Waals surface area contributed by atoms with Gasteiger partial charge in [-0.2, -0.15) is 0 Å². The second-order valence-corrected chi connectivity index (χ2v) is 7.84. The summed E-state index contributed by atoms with van der Waals surface area (Å²) in [4.78, 5) is 13.5. The standard InChI is InChI=1S/C22H20FNO5S/c1-13-19(14(2)29-24-13)11-30-20-6-4-3-5-18(20)22(25)27-10-16-8-17(23)7-15-9-26-12-28-21(15)16/h3-8H,9-12H2,1-2H3. The highest BCUT2D eigenvalue weighted by Gasteiger charge is 2.20. The lowest BCUT2D eigenvalue weighted by molar-refractivity contribution is -0.0183. The van der Waals surface area contributed by atoms with Gasteiger partial charge < -0.3 is 18.7 Å². The number of halogens is 1. The number of benzene rings is 2. The van der Waals surface area contributed by atoms with Crippen molar-refractivity contribution < 1.29 is 27.9 Å². The lowest BCUT2D eigenvalue weighted by atomic mass is 10.1. The Kier molecular flexibility index (Phi) is 6.06. The molecule has 0 spiro atoms. The van der Waals surface area contributed by atoms with Gasteiger partial charge in [0.15, 0.2) is 6.79 Å². The zero-order chi connectivity index (χ0) is 21.1. The van der Waals surface area contributed by atoms with Gasteiger partial charge in [0.1, 0.15) is 23.9 Å². The fraction of sp³-hybridized carbons (Fsp3) is 0.273. The van der Waals surface area contributed by atoms with Gasteiger partial charge in [0, 0.05) is 27.3 Å². The predicted molar refractivity (Wildman–Crippen MR) is 108 cm³/mol. The van der Waals surface area contributed by atoms with E-state index in [0.717, 1.165) is 21.9 Å². The van der Waals surface area contributed by atoms with E-state index in [0.29, 0.717) is 28.2 Å². The van der Waals surface area contributed by atoms with Crippen LogP contribution in [-0.2, 0) is 28.4 Å². The van der Waals surface area contributed by atoms with Gasteiger partial charge in [-0.25, -0.2) is 9.18 Å². The van der Waals surface area contributed by atoms with Crippen molar-refractivity contribution in [2.24, 2.45) is 0 Å². The number of aromatic nitrogens is 1. The maximum absolute atomic E-state index is 13.9. The Hall–Kier alpha value is -2.84. The largest absolute Gasteiger partial charge is 0.467 e. The number of carbonyl (C=O) groups is 1. The number of thioether (sulfide) groups is 1. The second kappa shape index (κ2) is 8.89. The summed E-state index contributed by atoms with van der Waals surface area (Å²) < 4.78 is 35.2. The molecular formula is C22H20FNO5S. The molecule has 0 atom stereocenters. The van der Waals surface area contributed by atoms with Gasteiger partial charge in [-0.15, -0.1) is 11.8 Å². The van der Waals surface area contributed by atoms with E-state index in [1.165, 1.54) is 23.9 Å². The number of hydrogen-bond acceptors (Lipinski definition) is 7. The van der Waals surface area contributed by atoms with E-state index in [4.69, 9.17) is 18.7 Å². The van der Waals surface area contributed by atoms with E-state index < -0.39 is 11.8 Å². The van der Waals surface area contributed by atoms with Gasteiger partial charge in [0.05, 0.1) is 17.9 Å². The predicted octanol–water partition coefficient (Wildman–Crippen LogP) is 4.95.